The summed E-state index contributed by atoms with van der Waals surface area (Å²) in [6.07, 6.45) is 0. The zero-order chi connectivity index (χ0) is 37.5. The van der Waals surface area contributed by atoms with Crippen molar-refractivity contribution < 1.29 is 0 Å². The van der Waals surface area contributed by atoms with Crippen molar-refractivity contribution in [1.29, 1.82) is 0 Å². The number of nitrogens with zero attached hydrogens (tertiary/aromatic N) is 3. The monoisotopic (exact) mass is 725 g/mol. The summed E-state index contributed by atoms with van der Waals surface area (Å²) >= 11 is 0. The van der Waals surface area contributed by atoms with Gasteiger partial charge in [0.1, 0.15) is 0 Å². The Morgan fingerprint density at radius 2 is 0.667 bits per heavy atom. The molecule has 0 aliphatic carbocycles. The fourth-order valence-electron chi connectivity index (χ4n) is 9.34. The normalized spacial score (nSPS) is 11.9. The Hall–Kier alpha value is -7.62. The molecule has 0 N–H and O–H groups in total. The maximum atomic E-state index is 2.49. The lowest BCUT2D eigenvalue weighted by molar-refractivity contribution is 1.17. The van der Waals surface area contributed by atoms with E-state index in [-0.39, 0.29) is 0 Å². The molecule has 266 valence electrons. The van der Waals surface area contributed by atoms with Gasteiger partial charge in [-0.2, -0.15) is 0 Å². The molecule has 9 aromatic carbocycles. The van der Waals surface area contributed by atoms with E-state index in [1.165, 1.54) is 87.7 Å². The van der Waals surface area contributed by atoms with Crippen LogP contribution < -0.4 is 0 Å². The van der Waals surface area contributed by atoms with Gasteiger partial charge in [-0.1, -0.05) is 146 Å². The number of aromatic nitrogens is 3. The summed E-state index contributed by atoms with van der Waals surface area (Å²) in [5.41, 5.74) is 15.4. The van der Waals surface area contributed by atoms with Crippen LogP contribution in [0.2, 0.25) is 0 Å². The van der Waals surface area contributed by atoms with Gasteiger partial charge in [-0.15, -0.1) is 0 Å². The van der Waals surface area contributed by atoms with Crippen molar-refractivity contribution in [3.8, 4) is 39.3 Å². The molecule has 0 saturated heterocycles. The third kappa shape index (κ3) is 4.79. The van der Waals surface area contributed by atoms with Crippen LogP contribution in [0.1, 0.15) is 0 Å². The molecule has 3 aromatic heterocycles. The number of rotatable bonds is 5. The van der Waals surface area contributed by atoms with Gasteiger partial charge >= 0.3 is 0 Å². The van der Waals surface area contributed by atoms with Crippen LogP contribution >= 0.6 is 0 Å². The standard InChI is InChI=1S/C54H35N3/c1-2-14-36(15-3-1)37-28-30-40(31-29-37)55-51-27-11-7-23-47(51)53-52(55)33-32-46-45-22-6-10-26-50(45)57(54(46)53)42-19-13-17-39(35-42)38-16-12-18-41(34-38)56-48-24-8-4-20-43(48)44-21-5-9-25-49(44)56/h1-35H. The Kier molecular flexibility index (Phi) is 6.93. The quantitative estimate of drug-likeness (QED) is 0.168. The average molecular weight is 726 g/mol. The zero-order valence-electron chi connectivity index (χ0n) is 31.0. The largest absolute Gasteiger partial charge is 0.309 e. The number of hydrogen-bond donors (Lipinski definition) is 0. The number of para-hydroxylation sites is 4. The van der Waals surface area contributed by atoms with E-state index in [9.17, 15) is 0 Å². The number of fused-ring (bicyclic) bond motifs is 10. The highest BCUT2D eigenvalue weighted by Crippen LogP contribution is 2.43. The molecular formula is C54H35N3. The van der Waals surface area contributed by atoms with Crippen LogP contribution in [-0.4, -0.2) is 13.7 Å². The second-order valence-electron chi connectivity index (χ2n) is 14.9. The van der Waals surface area contributed by atoms with E-state index >= 15 is 0 Å². The lowest BCUT2D eigenvalue weighted by Gasteiger charge is -2.13. The van der Waals surface area contributed by atoms with Gasteiger partial charge in [-0.05, 0) is 89.0 Å². The first kappa shape index (κ1) is 31.7. The molecule has 0 radical (unpaired) electrons. The van der Waals surface area contributed by atoms with Gasteiger partial charge in [0.05, 0.1) is 33.1 Å². The van der Waals surface area contributed by atoms with Crippen molar-refractivity contribution in [3.05, 3.63) is 212 Å². The average Bonchev–Trinajstić information content (AvgIpc) is 3.93. The lowest BCUT2D eigenvalue weighted by atomic mass is 10.0. The predicted molar refractivity (Wildman–Crippen MR) is 240 cm³/mol. The maximum Gasteiger partial charge on any atom is 0.0641 e. The second kappa shape index (κ2) is 12.5. The minimum absolute atomic E-state index is 1.14. The SMILES string of the molecule is c1ccc(-c2ccc(-n3c4ccccc4c4c3ccc3c5ccccc5n(-c5cccc(-c6cccc(-n7c8ccccc8c8ccccc87)c6)c5)c34)cc2)cc1. The third-order valence-electron chi connectivity index (χ3n) is 11.8. The van der Waals surface area contributed by atoms with Crippen molar-refractivity contribution in [2.45, 2.75) is 0 Å². The van der Waals surface area contributed by atoms with Crippen LogP contribution in [0.5, 0.6) is 0 Å². The topological polar surface area (TPSA) is 14.8 Å². The Bertz CT molecular complexity index is 3450. The van der Waals surface area contributed by atoms with Crippen LogP contribution in [0.3, 0.4) is 0 Å². The van der Waals surface area contributed by atoms with Crippen molar-refractivity contribution >= 4 is 65.4 Å². The molecule has 0 fully saturated rings. The summed E-state index contributed by atoms with van der Waals surface area (Å²) in [5, 5.41) is 7.53. The van der Waals surface area contributed by atoms with Crippen LogP contribution in [0, 0.1) is 0 Å². The van der Waals surface area contributed by atoms with Crippen LogP contribution in [-0.2, 0) is 0 Å². The summed E-state index contributed by atoms with van der Waals surface area (Å²) in [4.78, 5) is 0. The van der Waals surface area contributed by atoms with Crippen molar-refractivity contribution in [2.75, 3.05) is 0 Å². The summed E-state index contributed by atoms with van der Waals surface area (Å²) in [5.74, 6) is 0. The van der Waals surface area contributed by atoms with Gasteiger partial charge in [0, 0.05) is 49.4 Å². The predicted octanol–water partition coefficient (Wildman–Crippen LogP) is 14.3. The number of benzene rings is 9. The summed E-state index contributed by atoms with van der Waals surface area (Å²) in [6.45, 7) is 0. The Morgan fingerprint density at radius 1 is 0.228 bits per heavy atom. The highest BCUT2D eigenvalue weighted by Gasteiger charge is 2.21. The molecule has 3 heteroatoms. The van der Waals surface area contributed by atoms with Gasteiger partial charge in [0.2, 0.25) is 0 Å². The van der Waals surface area contributed by atoms with Gasteiger partial charge < -0.3 is 13.7 Å². The summed E-state index contributed by atoms with van der Waals surface area (Å²) in [6, 6.07) is 77.4. The molecule has 0 atom stereocenters. The molecule has 57 heavy (non-hydrogen) atoms. The molecule has 0 unspecified atom stereocenters. The maximum absolute atomic E-state index is 2.49. The van der Waals surface area contributed by atoms with Crippen LogP contribution in [0.4, 0.5) is 0 Å². The highest BCUT2D eigenvalue weighted by atomic mass is 15.0. The van der Waals surface area contributed by atoms with E-state index < -0.39 is 0 Å². The van der Waals surface area contributed by atoms with Gasteiger partial charge in [0.15, 0.2) is 0 Å². The second-order valence-corrected chi connectivity index (χ2v) is 14.9. The number of hydrogen-bond acceptors (Lipinski definition) is 0. The van der Waals surface area contributed by atoms with Crippen molar-refractivity contribution in [3.63, 3.8) is 0 Å². The fraction of sp³-hybridized carbons (Fsp3) is 0. The molecule has 0 spiro atoms. The van der Waals surface area contributed by atoms with E-state index in [0.29, 0.717) is 0 Å². The Labute approximate surface area is 329 Å². The highest BCUT2D eigenvalue weighted by molar-refractivity contribution is 6.26. The first-order valence-corrected chi connectivity index (χ1v) is 19.6. The van der Waals surface area contributed by atoms with E-state index in [1.54, 1.807) is 0 Å². The molecule has 0 amide bonds. The minimum atomic E-state index is 1.14. The zero-order valence-corrected chi connectivity index (χ0v) is 31.0. The minimum Gasteiger partial charge on any atom is -0.309 e. The third-order valence-corrected chi connectivity index (χ3v) is 11.8. The molecule has 0 saturated carbocycles. The van der Waals surface area contributed by atoms with Crippen molar-refractivity contribution in [2.24, 2.45) is 0 Å². The molecule has 0 aliphatic rings. The molecular weight excluding hydrogens is 691 g/mol. The first-order valence-electron chi connectivity index (χ1n) is 19.6. The van der Waals surface area contributed by atoms with Crippen molar-refractivity contribution in [1.82, 2.24) is 13.7 Å². The summed E-state index contributed by atoms with van der Waals surface area (Å²) < 4.78 is 7.31. The van der Waals surface area contributed by atoms with Gasteiger partial charge in [-0.3, -0.25) is 0 Å². The van der Waals surface area contributed by atoms with E-state index in [4.69, 9.17) is 0 Å². The van der Waals surface area contributed by atoms with Gasteiger partial charge in [-0.25, -0.2) is 0 Å². The smallest absolute Gasteiger partial charge is 0.0641 e. The molecule has 12 rings (SSSR count). The van der Waals surface area contributed by atoms with Gasteiger partial charge in [0.25, 0.3) is 0 Å². The van der Waals surface area contributed by atoms with E-state index in [1.807, 2.05) is 0 Å². The molecule has 12 aromatic rings. The molecule has 3 heterocycles. The fourth-order valence-corrected chi connectivity index (χ4v) is 9.34. The van der Waals surface area contributed by atoms with Crippen LogP contribution in [0.15, 0.2) is 212 Å². The Morgan fingerprint density at radius 3 is 1.28 bits per heavy atom. The lowest BCUT2D eigenvalue weighted by Crippen LogP contribution is -1.96. The first-order chi connectivity index (χ1) is 28.3. The molecule has 3 nitrogen and oxygen atoms in total. The Balaban J connectivity index is 1.06. The molecule has 0 aliphatic heterocycles. The van der Waals surface area contributed by atoms with E-state index in [0.717, 1.165) is 17.1 Å². The molecule has 0 bridgehead atoms. The van der Waals surface area contributed by atoms with Crippen LogP contribution in [0.25, 0.3) is 105 Å². The summed E-state index contributed by atoms with van der Waals surface area (Å²) in [7, 11) is 0. The van der Waals surface area contributed by atoms with E-state index in [2.05, 4.69) is 226 Å².